The van der Waals surface area contributed by atoms with Gasteiger partial charge in [-0.25, -0.2) is 0 Å². The number of benzene rings is 6. The zero-order valence-electron chi connectivity index (χ0n) is 26.0. The van der Waals surface area contributed by atoms with Gasteiger partial charge in [-0.15, -0.1) is 22.7 Å². The first-order valence-corrected chi connectivity index (χ1v) is 17.7. The van der Waals surface area contributed by atoms with Crippen molar-refractivity contribution < 1.29 is 0 Å². The molecule has 0 aliphatic carbocycles. The average Bonchev–Trinajstić information content (AvgIpc) is 3.74. The number of nitrogens with zero attached hydrogens (tertiary/aromatic N) is 1. The zero-order valence-corrected chi connectivity index (χ0v) is 27.6. The molecule has 46 heavy (non-hydrogen) atoms. The molecule has 0 unspecified atom stereocenters. The monoisotopic (exact) mass is 623 g/mol. The van der Waals surface area contributed by atoms with Crippen LogP contribution in [0.3, 0.4) is 0 Å². The van der Waals surface area contributed by atoms with Crippen LogP contribution in [-0.2, 0) is 5.41 Å². The molecule has 0 amide bonds. The molecule has 1 nitrogen and oxygen atoms in total. The van der Waals surface area contributed by atoms with Gasteiger partial charge in [-0.2, -0.15) is 0 Å². The highest BCUT2D eigenvalue weighted by Crippen LogP contribution is 2.48. The minimum atomic E-state index is 0.0805. The van der Waals surface area contributed by atoms with Crippen molar-refractivity contribution in [3.05, 3.63) is 133 Å². The molecule has 0 saturated carbocycles. The Bertz CT molecular complexity index is 2530. The van der Waals surface area contributed by atoms with E-state index in [-0.39, 0.29) is 12.1 Å². The van der Waals surface area contributed by atoms with Crippen LogP contribution in [0.1, 0.15) is 26.3 Å². The van der Waals surface area contributed by atoms with Crippen molar-refractivity contribution in [3.8, 4) is 22.3 Å². The van der Waals surface area contributed by atoms with Gasteiger partial charge < -0.3 is 4.90 Å². The van der Waals surface area contributed by atoms with Crippen LogP contribution >= 0.6 is 22.7 Å². The second-order valence-electron chi connectivity index (χ2n) is 13.7. The molecule has 0 atom stereocenters. The summed E-state index contributed by atoms with van der Waals surface area (Å²) in [5.74, 6) is 0. The molecule has 0 bridgehead atoms. The molecule has 2 aliphatic rings. The number of hydrogen-bond donors (Lipinski definition) is 0. The van der Waals surface area contributed by atoms with Crippen molar-refractivity contribution >= 4 is 92.4 Å². The number of hydrogen-bond acceptors (Lipinski definition) is 3. The van der Waals surface area contributed by atoms with E-state index < -0.39 is 0 Å². The molecule has 4 heteroatoms. The summed E-state index contributed by atoms with van der Waals surface area (Å²) < 4.78 is 5.54. The van der Waals surface area contributed by atoms with E-state index in [4.69, 9.17) is 0 Å². The third-order valence-electron chi connectivity index (χ3n) is 10.0. The highest BCUT2D eigenvalue weighted by atomic mass is 32.1. The van der Waals surface area contributed by atoms with Crippen molar-refractivity contribution in [3.63, 3.8) is 0 Å². The predicted molar refractivity (Wildman–Crippen MR) is 204 cm³/mol. The number of rotatable bonds is 2. The van der Waals surface area contributed by atoms with Crippen LogP contribution in [0.2, 0.25) is 0 Å². The zero-order chi connectivity index (χ0) is 30.7. The average molecular weight is 624 g/mol. The predicted octanol–water partition coefficient (Wildman–Crippen LogP) is 10.5. The number of thiophene rings is 2. The summed E-state index contributed by atoms with van der Waals surface area (Å²) in [4.78, 5) is 2.51. The lowest BCUT2D eigenvalue weighted by atomic mass is 9.39. The normalized spacial score (nSPS) is 13.5. The number of anilines is 3. The standard InChI is InChI=1S/C42H30BNS2/c1-42(2,3)26-20-21-36-30(24-26)39-31-22-25(28-15-11-19-37-38(28)29-14-7-10-18-35(29)45-37)23-34-40(31)43(41(39)46-36)32-16-8-9-17-33(32)44(34)27-12-5-4-6-13-27/h4-24H,1-3H3. The minimum Gasteiger partial charge on any atom is -0.311 e. The second kappa shape index (κ2) is 9.45. The SMILES string of the molecule is CC(C)(C)c1ccc2sc3c(c2c1)-c1cc(-c2cccc4sc5ccccc5c24)cc2c1B3c1ccccc1N2c1ccccc1. The van der Waals surface area contributed by atoms with Crippen LogP contribution < -0.4 is 20.6 Å². The summed E-state index contributed by atoms with van der Waals surface area (Å²) in [7, 11) is 0. The Labute approximate surface area is 277 Å². The van der Waals surface area contributed by atoms with Crippen LogP contribution in [0.5, 0.6) is 0 Å². The smallest absolute Gasteiger partial charge is 0.260 e. The summed E-state index contributed by atoms with van der Waals surface area (Å²) in [6, 6.07) is 47.9. The molecule has 6 aromatic carbocycles. The summed E-state index contributed by atoms with van der Waals surface area (Å²) in [6.07, 6.45) is 0. The highest BCUT2D eigenvalue weighted by molar-refractivity contribution is 7.34. The highest BCUT2D eigenvalue weighted by Gasteiger charge is 2.44. The maximum absolute atomic E-state index is 2.52. The van der Waals surface area contributed by atoms with Crippen LogP contribution in [-0.4, -0.2) is 6.71 Å². The van der Waals surface area contributed by atoms with E-state index in [1.165, 1.54) is 90.8 Å². The van der Waals surface area contributed by atoms with E-state index in [0.717, 1.165) is 0 Å². The molecule has 218 valence electrons. The fourth-order valence-corrected chi connectivity index (χ4v) is 10.4. The van der Waals surface area contributed by atoms with Crippen molar-refractivity contribution in [1.82, 2.24) is 0 Å². The molecular weight excluding hydrogens is 593 g/mol. The van der Waals surface area contributed by atoms with Gasteiger partial charge in [-0.05, 0) is 104 Å². The van der Waals surface area contributed by atoms with E-state index in [2.05, 4.69) is 153 Å². The molecule has 0 fully saturated rings. The molecule has 2 aliphatic heterocycles. The summed E-state index contributed by atoms with van der Waals surface area (Å²) in [5, 5.41) is 4.09. The lowest BCUT2D eigenvalue weighted by molar-refractivity contribution is 0.591. The Kier molecular flexibility index (Phi) is 5.46. The van der Waals surface area contributed by atoms with Crippen molar-refractivity contribution in [2.45, 2.75) is 26.2 Å². The first-order valence-electron chi connectivity index (χ1n) is 16.1. The number of para-hydroxylation sites is 2. The van der Waals surface area contributed by atoms with Crippen LogP contribution in [0.4, 0.5) is 17.1 Å². The van der Waals surface area contributed by atoms with E-state index in [9.17, 15) is 0 Å². The summed E-state index contributed by atoms with van der Waals surface area (Å²) >= 11 is 3.88. The van der Waals surface area contributed by atoms with Crippen LogP contribution in [0, 0.1) is 0 Å². The molecule has 0 saturated heterocycles. The topological polar surface area (TPSA) is 3.24 Å². The Balaban J connectivity index is 1.35. The van der Waals surface area contributed by atoms with Gasteiger partial charge in [0, 0.05) is 47.3 Å². The van der Waals surface area contributed by atoms with Crippen LogP contribution in [0.25, 0.3) is 52.5 Å². The lowest BCUT2D eigenvalue weighted by Crippen LogP contribution is -2.54. The molecule has 0 N–H and O–H groups in total. The number of fused-ring (bicyclic) bond motifs is 10. The van der Waals surface area contributed by atoms with E-state index in [1.54, 1.807) is 0 Å². The van der Waals surface area contributed by atoms with Gasteiger partial charge in [0.2, 0.25) is 0 Å². The van der Waals surface area contributed by atoms with E-state index >= 15 is 0 Å². The maximum atomic E-state index is 2.52. The van der Waals surface area contributed by atoms with Crippen molar-refractivity contribution in [2.75, 3.05) is 4.90 Å². The Morgan fingerprint density at radius 3 is 2.22 bits per heavy atom. The van der Waals surface area contributed by atoms with Gasteiger partial charge in [0.05, 0.1) is 0 Å². The Morgan fingerprint density at radius 2 is 1.35 bits per heavy atom. The van der Waals surface area contributed by atoms with Crippen LogP contribution in [0.15, 0.2) is 127 Å². The molecule has 8 aromatic rings. The fourth-order valence-electron chi connectivity index (χ4n) is 7.92. The Hall–Kier alpha value is -4.64. The molecular formula is C42H30BNS2. The van der Waals surface area contributed by atoms with Gasteiger partial charge in [-0.3, -0.25) is 0 Å². The fraction of sp³-hybridized carbons (Fsp3) is 0.0952. The summed E-state index contributed by atoms with van der Waals surface area (Å²) in [5.41, 5.74) is 13.5. The van der Waals surface area contributed by atoms with Gasteiger partial charge in [-0.1, -0.05) is 93.6 Å². The van der Waals surface area contributed by atoms with Gasteiger partial charge in [0.25, 0.3) is 6.71 Å². The first-order chi connectivity index (χ1) is 22.5. The first kappa shape index (κ1) is 26.6. The Morgan fingerprint density at radius 1 is 0.587 bits per heavy atom. The third kappa shape index (κ3) is 3.63. The van der Waals surface area contributed by atoms with Crippen molar-refractivity contribution in [1.29, 1.82) is 0 Å². The minimum absolute atomic E-state index is 0.0805. The van der Waals surface area contributed by atoms with Crippen molar-refractivity contribution in [2.24, 2.45) is 0 Å². The molecule has 2 aromatic heterocycles. The quantitative estimate of drug-likeness (QED) is 0.173. The second-order valence-corrected chi connectivity index (χ2v) is 15.9. The van der Waals surface area contributed by atoms with Gasteiger partial charge >= 0.3 is 0 Å². The van der Waals surface area contributed by atoms with E-state index in [0.29, 0.717) is 0 Å². The molecule has 10 rings (SSSR count). The molecule has 0 spiro atoms. The van der Waals surface area contributed by atoms with E-state index in [1.807, 2.05) is 22.7 Å². The largest absolute Gasteiger partial charge is 0.311 e. The van der Waals surface area contributed by atoms with Gasteiger partial charge in [0.1, 0.15) is 0 Å². The third-order valence-corrected chi connectivity index (χ3v) is 12.4. The molecule has 4 heterocycles. The summed E-state index contributed by atoms with van der Waals surface area (Å²) in [6.45, 7) is 7.18. The maximum Gasteiger partial charge on any atom is 0.260 e. The van der Waals surface area contributed by atoms with Gasteiger partial charge in [0.15, 0.2) is 0 Å². The lowest BCUT2D eigenvalue weighted by Gasteiger charge is -2.36. The molecule has 0 radical (unpaired) electrons.